The van der Waals surface area contributed by atoms with Crippen molar-refractivity contribution in [3.8, 4) is 55.9 Å². The van der Waals surface area contributed by atoms with Crippen LogP contribution < -0.4 is 26.2 Å². The van der Waals surface area contributed by atoms with Gasteiger partial charge in [0, 0.05) is 83.4 Å². The third-order valence-electron chi connectivity index (χ3n) is 23.4. The van der Waals surface area contributed by atoms with Crippen LogP contribution in [-0.4, -0.2) is 15.8 Å². The highest BCUT2D eigenvalue weighted by atomic mass is 15.2. The van der Waals surface area contributed by atoms with E-state index in [0.717, 1.165) is 134 Å². The van der Waals surface area contributed by atoms with E-state index in [-0.39, 0.29) is 27.1 Å². The summed E-state index contributed by atoms with van der Waals surface area (Å²) < 4.78 is 47.2. The van der Waals surface area contributed by atoms with Crippen LogP contribution in [0.15, 0.2) is 267 Å². The quantitative estimate of drug-likeness (QED) is 0.120. The number of rotatable bonds is 11. The normalized spacial score (nSPS) is 14.3. The van der Waals surface area contributed by atoms with Gasteiger partial charge in [-0.05, 0) is 220 Å². The fourth-order valence-electron chi connectivity index (χ4n) is 18.2. The van der Waals surface area contributed by atoms with Crippen molar-refractivity contribution in [1.82, 2.24) is 9.13 Å². The molecule has 15 aromatic rings. The van der Waals surface area contributed by atoms with Gasteiger partial charge < -0.3 is 18.9 Å². The zero-order chi connectivity index (χ0) is 83.8. The van der Waals surface area contributed by atoms with Gasteiger partial charge in [0.1, 0.15) is 0 Å². The van der Waals surface area contributed by atoms with Crippen molar-refractivity contribution < 1.29 is 5.48 Å². The lowest BCUT2D eigenvalue weighted by Gasteiger charge is -2.46. The Morgan fingerprint density at radius 2 is 0.561 bits per heavy atom. The van der Waals surface area contributed by atoms with Gasteiger partial charge in [-0.2, -0.15) is 0 Å². The molecule has 17 rings (SSSR count). The minimum atomic E-state index is -1.82. The SMILES string of the molecule is [2H]C([2H])(c1cc(-c2cccc(C(C)(C)C)c2)c(N2c3cc(-n4c5ccccc5c5ccccc54)ccc3B3c4ccc(-n5c6ccccc6c6ccccc65)cc4N(c4c(-c5cccc(C(C)(C)C)c5)cc(C([2H])([2H])C(C)(C)C)cc4-c4cccc(C(C)(C)C)c4)c4cc(CC(C)(C)C)cc2c43)c(-c2cccc(C(C)(C)C)c2)c1)C(C)(C)C. The van der Waals surface area contributed by atoms with Gasteiger partial charge in [0.15, 0.2) is 0 Å². The molecule has 0 N–H and O–H groups in total. The summed E-state index contributed by atoms with van der Waals surface area (Å²) in [6.45, 7) is 46.4. The molecule has 13 aromatic carbocycles. The van der Waals surface area contributed by atoms with Crippen LogP contribution in [0.2, 0.25) is 0 Å². The second-order valence-corrected chi connectivity index (χ2v) is 40.0. The number of benzene rings is 13. The Hall–Kier alpha value is -10.9. The van der Waals surface area contributed by atoms with Crippen LogP contribution >= 0.6 is 0 Å². The van der Waals surface area contributed by atoms with Gasteiger partial charge >= 0.3 is 0 Å². The predicted octanol–water partition coefficient (Wildman–Crippen LogP) is 28.6. The average Bonchev–Trinajstić information content (AvgIpc) is 0.735. The maximum Gasteiger partial charge on any atom is 0.252 e. The summed E-state index contributed by atoms with van der Waals surface area (Å²) in [6, 6.07) is 100. The van der Waals surface area contributed by atoms with E-state index in [4.69, 9.17) is 0 Å². The Labute approximate surface area is 685 Å². The monoisotopic (exact) mass is 1490 g/mol. The van der Waals surface area contributed by atoms with Crippen LogP contribution in [0, 0.1) is 16.2 Å². The number of hydrogen-bond acceptors (Lipinski definition) is 2. The second kappa shape index (κ2) is 27.4. The summed E-state index contributed by atoms with van der Waals surface area (Å²) >= 11 is 0. The highest BCUT2D eigenvalue weighted by Gasteiger charge is 2.47. The van der Waals surface area contributed by atoms with E-state index in [9.17, 15) is 5.48 Å². The molecule has 5 heteroatoms. The number of fused-ring (bicyclic) bond motifs is 10. The molecule has 114 heavy (non-hydrogen) atoms. The van der Waals surface area contributed by atoms with Crippen LogP contribution in [0.25, 0.3) is 99.5 Å². The van der Waals surface area contributed by atoms with Crippen LogP contribution in [0.4, 0.5) is 34.1 Å². The van der Waals surface area contributed by atoms with E-state index in [1.54, 1.807) is 0 Å². The molecule has 0 saturated carbocycles. The first-order chi connectivity index (χ1) is 55.5. The molecule has 0 unspecified atom stereocenters. The molecule has 4 nitrogen and oxygen atoms in total. The molecular formula is C109H113BN4. The number of hydrogen-bond donors (Lipinski definition) is 0. The van der Waals surface area contributed by atoms with Gasteiger partial charge in [-0.1, -0.05) is 327 Å². The molecule has 0 aliphatic carbocycles. The van der Waals surface area contributed by atoms with Gasteiger partial charge in [0.25, 0.3) is 6.71 Å². The van der Waals surface area contributed by atoms with E-state index in [2.05, 4.69) is 390 Å². The van der Waals surface area contributed by atoms with Crippen molar-refractivity contribution in [2.75, 3.05) is 9.80 Å². The van der Waals surface area contributed by atoms with Crippen LogP contribution in [0.1, 0.15) is 190 Å². The van der Waals surface area contributed by atoms with Gasteiger partial charge in [0.2, 0.25) is 0 Å². The molecule has 0 radical (unpaired) electrons. The van der Waals surface area contributed by atoms with E-state index in [1.165, 1.54) is 43.8 Å². The van der Waals surface area contributed by atoms with Crippen LogP contribution in [0.3, 0.4) is 0 Å². The maximum absolute atomic E-state index is 10.6. The van der Waals surface area contributed by atoms with E-state index in [0.29, 0.717) is 17.5 Å². The number of anilines is 6. The average molecular weight is 1490 g/mol. The topological polar surface area (TPSA) is 16.3 Å². The third-order valence-corrected chi connectivity index (χ3v) is 23.4. The first-order valence-corrected chi connectivity index (χ1v) is 41.3. The molecule has 0 amide bonds. The van der Waals surface area contributed by atoms with Gasteiger partial charge in [-0.3, -0.25) is 0 Å². The zero-order valence-electron chi connectivity index (χ0n) is 75.0. The summed E-state index contributed by atoms with van der Waals surface area (Å²) in [7, 11) is 0. The fourth-order valence-corrected chi connectivity index (χ4v) is 18.2. The summed E-state index contributed by atoms with van der Waals surface area (Å²) in [4.78, 5) is 5.31. The van der Waals surface area contributed by atoms with E-state index < -0.39 is 30.3 Å². The molecule has 0 atom stereocenters. The molecular weight excluding hydrogens is 1380 g/mol. The minimum absolute atomic E-state index is 0.225. The molecule has 4 heterocycles. The second-order valence-electron chi connectivity index (χ2n) is 40.0. The smallest absolute Gasteiger partial charge is 0.252 e. The van der Waals surface area contributed by atoms with Crippen molar-refractivity contribution >= 4 is 101 Å². The Morgan fingerprint density at radius 3 is 0.833 bits per heavy atom. The number of para-hydroxylation sites is 4. The molecule has 2 aliphatic heterocycles. The first-order valence-electron chi connectivity index (χ1n) is 43.3. The minimum Gasteiger partial charge on any atom is -0.310 e. The van der Waals surface area contributed by atoms with Gasteiger partial charge in [0.05, 0.1) is 33.4 Å². The Kier molecular flexibility index (Phi) is 17.1. The highest BCUT2D eigenvalue weighted by Crippen LogP contribution is 2.56. The predicted molar refractivity (Wildman–Crippen MR) is 495 cm³/mol. The Bertz CT molecular complexity index is 5900. The molecule has 2 aromatic heterocycles. The van der Waals surface area contributed by atoms with Crippen molar-refractivity contribution in [1.29, 1.82) is 0 Å². The lowest BCUT2D eigenvalue weighted by Crippen LogP contribution is -2.61. The van der Waals surface area contributed by atoms with Crippen molar-refractivity contribution in [2.45, 2.75) is 186 Å². The van der Waals surface area contributed by atoms with Crippen molar-refractivity contribution in [3.63, 3.8) is 0 Å². The third kappa shape index (κ3) is 13.9. The molecule has 0 saturated heterocycles. The number of aromatic nitrogens is 2. The molecule has 0 bridgehead atoms. The summed E-state index contributed by atoms with van der Waals surface area (Å²) in [6.07, 6.45) is -2.94. The maximum atomic E-state index is 10.6. The van der Waals surface area contributed by atoms with E-state index in [1.807, 2.05) is 41.5 Å². The summed E-state index contributed by atoms with van der Waals surface area (Å²) in [5.74, 6) is 0. The summed E-state index contributed by atoms with van der Waals surface area (Å²) in [5, 5.41) is 4.71. The molecule has 0 fully saturated rings. The molecule has 2 aliphatic rings. The van der Waals surface area contributed by atoms with Gasteiger partial charge in [-0.25, -0.2) is 0 Å². The number of nitrogens with zero attached hydrogens (tertiary/aromatic N) is 4. The largest absolute Gasteiger partial charge is 0.310 e. The Morgan fingerprint density at radius 1 is 0.272 bits per heavy atom. The zero-order valence-corrected chi connectivity index (χ0v) is 71.0. The fraction of sp³-hybridized carbons (Fsp3) is 0.284. The van der Waals surface area contributed by atoms with Crippen molar-refractivity contribution in [3.05, 3.63) is 306 Å². The van der Waals surface area contributed by atoms with E-state index >= 15 is 0 Å². The van der Waals surface area contributed by atoms with Gasteiger partial charge in [-0.15, -0.1) is 0 Å². The lowest BCUT2D eigenvalue weighted by atomic mass is 9.33. The lowest BCUT2D eigenvalue weighted by molar-refractivity contribution is 0.411. The molecule has 572 valence electrons. The van der Waals surface area contributed by atoms with Crippen LogP contribution in [0.5, 0.6) is 0 Å². The Balaban J connectivity index is 1.12. The molecule has 0 spiro atoms. The first kappa shape index (κ1) is 70.9. The van der Waals surface area contributed by atoms with Crippen molar-refractivity contribution in [2.24, 2.45) is 16.2 Å². The highest BCUT2D eigenvalue weighted by molar-refractivity contribution is 7.00. The van der Waals surface area contributed by atoms with Crippen LogP contribution in [-0.2, 0) is 40.8 Å². The standard InChI is InChI=1S/C109H113BN4/c1-103(2,3)66-69-54-86(72-34-30-38-76(60-72)106(10,11)12)101(87(55-69)73-35-31-39-77(61-73)107(13,14)15)113-96-64-80(111-92-46-26-22-42-82(92)83-43-23-27-47-93(83)111)50-52-90(96)110-91-53-51-81(112-94-48-28-24-44-84(94)85-45-25-29-49-95(85)112)65-97(91)114(99-59-71(68-105(7,8)9)58-98(113)100(99)110)102-88(74-36-32-40-78(62-74)108(16,17)18)56-70(67-104(4,5)6)57-89(102)75-37-33-41-79(63-75)109(19,20)21/h22-65H,66-68H2,1-21H3/i66D2,67D2. The summed E-state index contributed by atoms with van der Waals surface area (Å²) in [5.41, 5.74) is 27.7.